The van der Waals surface area contributed by atoms with Crippen LogP contribution in [0, 0.1) is 11.3 Å². The Kier molecular flexibility index (Phi) is 4.14. The summed E-state index contributed by atoms with van der Waals surface area (Å²) in [5, 5.41) is 3.10. The lowest BCUT2D eigenvalue weighted by Gasteiger charge is -2.30. The van der Waals surface area contributed by atoms with Gasteiger partial charge in [-0.3, -0.25) is 4.79 Å². The summed E-state index contributed by atoms with van der Waals surface area (Å²) in [7, 11) is 0. The van der Waals surface area contributed by atoms with Crippen molar-refractivity contribution in [2.45, 2.75) is 46.6 Å². The van der Waals surface area contributed by atoms with Crippen LogP contribution in [0.15, 0.2) is 0 Å². The molecule has 3 heteroatoms. The van der Waals surface area contributed by atoms with Crippen molar-refractivity contribution < 1.29 is 9.53 Å². The van der Waals surface area contributed by atoms with Gasteiger partial charge in [0.25, 0.3) is 0 Å². The van der Waals surface area contributed by atoms with Crippen LogP contribution in [0.4, 0.5) is 0 Å². The number of carbonyl (C=O) groups excluding carboxylic acids is 1. The molecule has 1 aliphatic heterocycles. The van der Waals surface area contributed by atoms with Gasteiger partial charge < -0.3 is 10.1 Å². The van der Waals surface area contributed by atoms with Crippen molar-refractivity contribution in [2.75, 3.05) is 13.2 Å². The van der Waals surface area contributed by atoms with Crippen molar-refractivity contribution in [3.63, 3.8) is 0 Å². The number of rotatable bonds is 2. The first-order chi connectivity index (χ1) is 6.91. The molecule has 0 aromatic rings. The molecule has 1 heterocycles. The molecule has 3 nitrogen and oxygen atoms in total. The second-order valence-corrected chi connectivity index (χ2v) is 5.46. The van der Waals surface area contributed by atoms with Crippen LogP contribution in [-0.4, -0.2) is 25.2 Å². The zero-order valence-corrected chi connectivity index (χ0v) is 10.3. The quantitative estimate of drug-likeness (QED) is 0.761. The Hall–Kier alpha value is -0.570. The van der Waals surface area contributed by atoms with E-state index in [1.54, 1.807) is 0 Å². The second-order valence-electron chi connectivity index (χ2n) is 5.46. The number of amides is 1. The highest BCUT2D eigenvalue weighted by molar-refractivity contribution is 5.81. The monoisotopic (exact) mass is 213 g/mol. The van der Waals surface area contributed by atoms with Gasteiger partial charge in [-0.25, -0.2) is 0 Å². The van der Waals surface area contributed by atoms with E-state index < -0.39 is 0 Å². The molecule has 1 unspecified atom stereocenters. The van der Waals surface area contributed by atoms with E-state index in [-0.39, 0.29) is 17.4 Å². The van der Waals surface area contributed by atoms with E-state index in [0.717, 1.165) is 26.1 Å². The second kappa shape index (κ2) is 4.97. The summed E-state index contributed by atoms with van der Waals surface area (Å²) in [6.07, 6.45) is 2.12. The highest BCUT2D eigenvalue weighted by Crippen LogP contribution is 2.20. The number of nitrogens with one attached hydrogen (secondary N) is 1. The fraction of sp³-hybridized carbons (Fsp3) is 0.917. The fourth-order valence-corrected chi connectivity index (χ4v) is 1.76. The summed E-state index contributed by atoms with van der Waals surface area (Å²) < 4.78 is 5.31. The average molecular weight is 213 g/mol. The Morgan fingerprint density at radius 1 is 1.33 bits per heavy atom. The molecule has 0 aromatic heterocycles. The lowest BCUT2D eigenvalue weighted by atomic mass is 9.90. The van der Waals surface area contributed by atoms with Crippen LogP contribution >= 0.6 is 0 Å². The van der Waals surface area contributed by atoms with Crippen molar-refractivity contribution >= 4 is 5.91 Å². The van der Waals surface area contributed by atoms with E-state index in [1.807, 2.05) is 20.8 Å². The SMILES string of the molecule is CC(NC(=O)C(C)(C)C)C1CCOCC1. The van der Waals surface area contributed by atoms with Gasteiger partial charge in [-0.2, -0.15) is 0 Å². The molecule has 1 fully saturated rings. The molecule has 88 valence electrons. The fourth-order valence-electron chi connectivity index (χ4n) is 1.76. The van der Waals surface area contributed by atoms with Crippen LogP contribution in [0.1, 0.15) is 40.5 Å². The molecule has 0 saturated carbocycles. The predicted octanol–water partition coefficient (Wildman–Crippen LogP) is 1.96. The molecule has 1 amide bonds. The third-order valence-electron chi connectivity index (χ3n) is 3.01. The van der Waals surface area contributed by atoms with E-state index in [9.17, 15) is 4.79 Å². The Labute approximate surface area is 92.6 Å². The van der Waals surface area contributed by atoms with Crippen molar-refractivity contribution in [1.29, 1.82) is 0 Å². The van der Waals surface area contributed by atoms with Crippen LogP contribution in [0.5, 0.6) is 0 Å². The van der Waals surface area contributed by atoms with Gasteiger partial charge in [0.05, 0.1) is 0 Å². The molecule has 0 spiro atoms. The highest BCUT2D eigenvalue weighted by atomic mass is 16.5. The van der Waals surface area contributed by atoms with Gasteiger partial charge in [-0.05, 0) is 25.7 Å². The Bertz CT molecular complexity index is 214. The number of carbonyl (C=O) groups is 1. The number of ether oxygens (including phenoxy) is 1. The lowest BCUT2D eigenvalue weighted by molar-refractivity contribution is -0.129. The summed E-state index contributed by atoms with van der Waals surface area (Å²) in [5.74, 6) is 0.714. The standard InChI is InChI=1S/C12H23NO2/c1-9(10-5-7-15-8-6-10)13-11(14)12(2,3)4/h9-10H,5-8H2,1-4H3,(H,13,14). The van der Waals surface area contributed by atoms with E-state index >= 15 is 0 Å². The zero-order valence-electron chi connectivity index (χ0n) is 10.3. The smallest absolute Gasteiger partial charge is 0.225 e. The topological polar surface area (TPSA) is 38.3 Å². The van der Waals surface area contributed by atoms with Crippen LogP contribution in [0.3, 0.4) is 0 Å². The largest absolute Gasteiger partial charge is 0.381 e. The van der Waals surface area contributed by atoms with Crippen molar-refractivity contribution in [1.82, 2.24) is 5.32 Å². The van der Waals surface area contributed by atoms with E-state index in [4.69, 9.17) is 4.74 Å². The molecule has 0 aromatic carbocycles. The summed E-state index contributed by atoms with van der Waals surface area (Å²) >= 11 is 0. The number of hydrogen-bond donors (Lipinski definition) is 1. The maximum Gasteiger partial charge on any atom is 0.225 e. The Morgan fingerprint density at radius 3 is 2.33 bits per heavy atom. The minimum absolute atomic E-state index is 0.140. The molecule has 0 radical (unpaired) electrons. The molecule has 15 heavy (non-hydrogen) atoms. The van der Waals surface area contributed by atoms with Crippen LogP contribution in [0.25, 0.3) is 0 Å². The van der Waals surface area contributed by atoms with Gasteiger partial charge in [-0.15, -0.1) is 0 Å². The van der Waals surface area contributed by atoms with E-state index in [2.05, 4.69) is 12.2 Å². The Morgan fingerprint density at radius 2 is 1.87 bits per heavy atom. The molecule has 0 bridgehead atoms. The minimum Gasteiger partial charge on any atom is -0.381 e. The Balaban J connectivity index is 2.40. The third kappa shape index (κ3) is 3.82. The average Bonchev–Trinajstić information content (AvgIpc) is 2.17. The third-order valence-corrected chi connectivity index (χ3v) is 3.01. The minimum atomic E-state index is -0.292. The summed E-state index contributed by atoms with van der Waals surface area (Å²) in [4.78, 5) is 11.8. The van der Waals surface area contributed by atoms with Gasteiger partial charge in [0, 0.05) is 24.7 Å². The van der Waals surface area contributed by atoms with Gasteiger partial charge in [0.2, 0.25) is 5.91 Å². The number of hydrogen-bond acceptors (Lipinski definition) is 2. The molecular formula is C12H23NO2. The normalized spacial score (nSPS) is 21.1. The van der Waals surface area contributed by atoms with E-state index in [0.29, 0.717) is 5.92 Å². The molecule has 1 saturated heterocycles. The van der Waals surface area contributed by atoms with Crippen LogP contribution in [-0.2, 0) is 9.53 Å². The maximum atomic E-state index is 11.8. The summed E-state index contributed by atoms with van der Waals surface area (Å²) in [6.45, 7) is 9.59. The molecule has 1 N–H and O–H groups in total. The first-order valence-corrected chi connectivity index (χ1v) is 5.80. The maximum absolute atomic E-state index is 11.8. The summed E-state index contributed by atoms with van der Waals surface area (Å²) in [5.41, 5.74) is -0.292. The van der Waals surface area contributed by atoms with Gasteiger partial charge in [0.15, 0.2) is 0 Å². The molecule has 1 atom stereocenters. The predicted molar refractivity (Wildman–Crippen MR) is 60.6 cm³/mol. The first-order valence-electron chi connectivity index (χ1n) is 5.80. The first kappa shape index (κ1) is 12.5. The van der Waals surface area contributed by atoms with Crippen LogP contribution < -0.4 is 5.32 Å². The molecule has 1 aliphatic rings. The molecule has 0 aliphatic carbocycles. The van der Waals surface area contributed by atoms with Crippen molar-refractivity contribution in [2.24, 2.45) is 11.3 Å². The molecular weight excluding hydrogens is 190 g/mol. The van der Waals surface area contributed by atoms with Crippen LogP contribution in [0.2, 0.25) is 0 Å². The van der Waals surface area contributed by atoms with Gasteiger partial charge in [0.1, 0.15) is 0 Å². The van der Waals surface area contributed by atoms with Gasteiger partial charge in [-0.1, -0.05) is 20.8 Å². The zero-order chi connectivity index (χ0) is 11.5. The molecule has 1 rings (SSSR count). The lowest BCUT2D eigenvalue weighted by Crippen LogP contribution is -2.44. The van der Waals surface area contributed by atoms with Crippen molar-refractivity contribution in [3.8, 4) is 0 Å². The van der Waals surface area contributed by atoms with Gasteiger partial charge >= 0.3 is 0 Å². The summed E-state index contributed by atoms with van der Waals surface area (Å²) in [6, 6.07) is 0.264. The van der Waals surface area contributed by atoms with Crippen molar-refractivity contribution in [3.05, 3.63) is 0 Å². The highest BCUT2D eigenvalue weighted by Gasteiger charge is 2.26. The van der Waals surface area contributed by atoms with E-state index in [1.165, 1.54) is 0 Å².